The van der Waals surface area contributed by atoms with Crippen LogP contribution in [0.3, 0.4) is 0 Å². The molecule has 3 N–H and O–H groups in total. The van der Waals surface area contributed by atoms with Gasteiger partial charge in [0.1, 0.15) is 5.82 Å². The molecule has 0 saturated heterocycles. The Labute approximate surface area is 125 Å². The summed E-state index contributed by atoms with van der Waals surface area (Å²) < 4.78 is 48.0. The van der Waals surface area contributed by atoms with Crippen molar-refractivity contribution in [3.63, 3.8) is 0 Å². The summed E-state index contributed by atoms with van der Waals surface area (Å²) in [6.07, 6.45) is -3.67. The second kappa shape index (κ2) is 4.73. The first-order valence-corrected chi connectivity index (χ1v) is 6.55. The van der Waals surface area contributed by atoms with Crippen molar-refractivity contribution in [2.75, 3.05) is 11.1 Å². The van der Waals surface area contributed by atoms with Crippen LogP contribution in [-0.4, -0.2) is 6.29 Å². The molecule has 0 saturated carbocycles. The maximum Gasteiger partial charge on any atom is 0.586 e. The molecule has 4 nitrogen and oxygen atoms in total. The fourth-order valence-electron chi connectivity index (χ4n) is 1.85. The smallest absolute Gasteiger partial charge is 0.397 e. The number of hydrogen-bond donors (Lipinski definition) is 2. The highest BCUT2D eigenvalue weighted by atomic mass is 79.9. The number of anilines is 3. The molecule has 0 fully saturated rings. The summed E-state index contributed by atoms with van der Waals surface area (Å²) in [7, 11) is 0. The van der Waals surface area contributed by atoms with Gasteiger partial charge in [0.2, 0.25) is 0 Å². The van der Waals surface area contributed by atoms with Crippen molar-refractivity contribution in [2.45, 2.75) is 6.29 Å². The molecule has 2 aromatic carbocycles. The van der Waals surface area contributed by atoms with E-state index >= 15 is 0 Å². The van der Waals surface area contributed by atoms with E-state index in [0.29, 0.717) is 11.4 Å². The van der Waals surface area contributed by atoms with Crippen molar-refractivity contribution < 1.29 is 22.6 Å². The average Bonchev–Trinajstić information content (AvgIpc) is 2.69. The van der Waals surface area contributed by atoms with Gasteiger partial charge in [-0.15, -0.1) is 8.78 Å². The topological polar surface area (TPSA) is 56.5 Å². The Kier molecular flexibility index (Phi) is 3.12. The van der Waals surface area contributed by atoms with Crippen LogP contribution < -0.4 is 20.5 Å². The zero-order valence-electron chi connectivity index (χ0n) is 10.3. The van der Waals surface area contributed by atoms with E-state index in [-0.39, 0.29) is 21.7 Å². The van der Waals surface area contributed by atoms with Crippen molar-refractivity contribution in [3.05, 3.63) is 40.6 Å². The third kappa shape index (κ3) is 2.71. The second-order valence-corrected chi connectivity index (χ2v) is 5.16. The molecule has 1 aliphatic heterocycles. The Hall–Kier alpha value is -2.09. The van der Waals surface area contributed by atoms with Crippen LogP contribution >= 0.6 is 15.9 Å². The van der Waals surface area contributed by atoms with Gasteiger partial charge in [0.15, 0.2) is 11.5 Å². The number of alkyl halides is 2. The summed E-state index contributed by atoms with van der Waals surface area (Å²) in [5, 5.41) is 2.90. The molecule has 0 atom stereocenters. The number of nitrogens with two attached hydrogens (primary N) is 1. The number of rotatable bonds is 2. The van der Waals surface area contributed by atoms with Crippen molar-refractivity contribution in [2.24, 2.45) is 0 Å². The summed E-state index contributed by atoms with van der Waals surface area (Å²) >= 11 is 3.04. The standard InChI is InChI=1S/C13H8BrF3N2O2/c14-7-4-10(9(18)5-8(7)15)19-6-1-2-11-12(3-6)21-13(16,17)20-11/h1-5,19H,18H2. The van der Waals surface area contributed by atoms with E-state index < -0.39 is 12.1 Å². The van der Waals surface area contributed by atoms with Gasteiger partial charge in [-0.05, 0) is 34.1 Å². The molecule has 0 spiro atoms. The van der Waals surface area contributed by atoms with Gasteiger partial charge in [-0.2, -0.15) is 0 Å². The lowest BCUT2D eigenvalue weighted by molar-refractivity contribution is -0.286. The zero-order valence-corrected chi connectivity index (χ0v) is 11.9. The van der Waals surface area contributed by atoms with Gasteiger partial charge >= 0.3 is 6.29 Å². The van der Waals surface area contributed by atoms with E-state index in [9.17, 15) is 13.2 Å². The number of nitrogen functional groups attached to an aromatic ring is 1. The van der Waals surface area contributed by atoms with Gasteiger partial charge < -0.3 is 20.5 Å². The van der Waals surface area contributed by atoms with Crippen molar-refractivity contribution >= 4 is 33.0 Å². The Morgan fingerprint density at radius 3 is 2.57 bits per heavy atom. The van der Waals surface area contributed by atoms with Crippen molar-refractivity contribution in [1.82, 2.24) is 0 Å². The quantitative estimate of drug-likeness (QED) is 0.786. The van der Waals surface area contributed by atoms with Crippen LogP contribution in [0.1, 0.15) is 0 Å². The summed E-state index contributed by atoms with van der Waals surface area (Å²) in [5.41, 5.74) is 6.74. The Bertz CT molecular complexity index is 725. The summed E-state index contributed by atoms with van der Waals surface area (Å²) in [6.45, 7) is 0. The molecule has 0 aromatic heterocycles. The maximum atomic E-state index is 13.3. The zero-order chi connectivity index (χ0) is 15.2. The van der Waals surface area contributed by atoms with Gasteiger partial charge in [0.05, 0.1) is 15.8 Å². The molecule has 3 rings (SSSR count). The van der Waals surface area contributed by atoms with E-state index in [1.807, 2.05) is 0 Å². The normalized spacial score (nSPS) is 15.0. The molecule has 1 heterocycles. The number of hydrogen-bond acceptors (Lipinski definition) is 4. The highest BCUT2D eigenvalue weighted by Crippen LogP contribution is 2.43. The van der Waals surface area contributed by atoms with Crippen LogP contribution in [-0.2, 0) is 0 Å². The monoisotopic (exact) mass is 360 g/mol. The van der Waals surface area contributed by atoms with Gasteiger partial charge in [0, 0.05) is 17.8 Å². The molecule has 8 heteroatoms. The van der Waals surface area contributed by atoms with Gasteiger partial charge in [-0.25, -0.2) is 4.39 Å². The third-order valence-corrected chi connectivity index (χ3v) is 3.38. The number of fused-ring (bicyclic) bond motifs is 1. The Morgan fingerprint density at radius 1 is 1.10 bits per heavy atom. The van der Waals surface area contributed by atoms with Crippen LogP contribution in [0.2, 0.25) is 0 Å². The van der Waals surface area contributed by atoms with Crippen molar-refractivity contribution in [1.29, 1.82) is 0 Å². The molecule has 0 amide bonds. The second-order valence-electron chi connectivity index (χ2n) is 4.31. The Morgan fingerprint density at radius 2 is 1.81 bits per heavy atom. The van der Waals surface area contributed by atoms with Crippen LogP contribution in [0.5, 0.6) is 11.5 Å². The number of benzene rings is 2. The van der Waals surface area contributed by atoms with E-state index in [2.05, 4.69) is 30.7 Å². The first-order valence-electron chi connectivity index (χ1n) is 5.75. The lowest BCUT2D eigenvalue weighted by atomic mass is 10.2. The predicted molar refractivity (Wildman–Crippen MR) is 74.4 cm³/mol. The maximum absolute atomic E-state index is 13.3. The molecule has 0 aliphatic carbocycles. The summed E-state index contributed by atoms with van der Waals surface area (Å²) in [4.78, 5) is 0. The van der Waals surface area contributed by atoms with Crippen LogP contribution in [0, 0.1) is 5.82 Å². The highest BCUT2D eigenvalue weighted by Gasteiger charge is 2.43. The largest absolute Gasteiger partial charge is 0.586 e. The lowest BCUT2D eigenvalue weighted by Crippen LogP contribution is -2.25. The Balaban J connectivity index is 1.89. The molecule has 110 valence electrons. The van der Waals surface area contributed by atoms with Gasteiger partial charge in [-0.3, -0.25) is 0 Å². The predicted octanol–water partition coefficient (Wildman–Crippen LogP) is 4.24. The minimum Gasteiger partial charge on any atom is -0.397 e. The average molecular weight is 361 g/mol. The highest BCUT2D eigenvalue weighted by molar-refractivity contribution is 9.10. The minimum absolute atomic E-state index is 0.0567. The van der Waals surface area contributed by atoms with E-state index in [4.69, 9.17) is 5.73 Å². The molecule has 2 aromatic rings. The fourth-order valence-corrected chi connectivity index (χ4v) is 2.20. The van der Waals surface area contributed by atoms with Crippen molar-refractivity contribution in [3.8, 4) is 11.5 Å². The molecule has 0 radical (unpaired) electrons. The minimum atomic E-state index is -3.67. The SMILES string of the molecule is Nc1cc(F)c(Br)cc1Nc1ccc2c(c1)OC(F)(F)O2. The van der Waals surface area contributed by atoms with E-state index in [0.717, 1.165) is 6.07 Å². The van der Waals surface area contributed by atoms with Crippen LogP contribution in [0.15, 0.2) is 34.8 Å². The van der Waals surface area contributed by atoms with Gasteiger partial charge in [-0.1, -0.05) is 0 Å². The molecule has 21 heavy (non-hydrogen) atoms. The summed E-state index contributed by atoms with van der Waals surface area (Å²) in [6, 6.07) is 6.79. The first kappa shape index (κ1) is 13.9. The third-order valence-electron chi connectivity index (χ3n) is 2.77. The molecule has 0 unspecified atom stereocenters. The fraction of sp³-hybridized carbons (Fsp3) is 0.0769. The number of nitrogens with one attached hydrogen (secondary N) is 1. The number of halogens is 4. The molecule has 0 bridgehead atoms. The van der Waals surface area contributed by atoms with Gasteiger partial charge in [0.25, 0.3) is 0 Å². The van der Waals surface area contributed by atoms with Crippen LogP contribution in [0.4, 0.5) is 30.2 Å². The van der Waals surface area contributed by atoms with Crippen LogP contribution in [0.25, 0.3) is 0 Å². The molecular weight excluding hydrogens is 353 g/mol. The van der Waals surface area contributed by atoms with E-state index in [1.54, 1.807) is 0 Å². The number of ether oxygens (including phenoxy) is 2. The lowest BCUT2D eigenvalue weighted by Gasteiger charge is -2.10. The molecule has 1 aliphatic rings. The first-order chi connectivity index (χ1) is 9.84. The summed E-state index contributed by atoms with van der Waals surface area (Å²) in [5.74, 6) is -0.646. The molecular formula is C13H8BrF3N2O2. The van der Waals surface area contributed by atoms with E-state index in [1.165, 1.54) is 24.3 Å².